The average molecular weight is 265 g/mol. The van der Waals surface area contributed by atoms with Gasteiger partial charge in [-0.2, -0.15) is 0 Å². The SMILES string of the molecule is Cc1cc(NC(=O)[C@H]2CC(=O)N(C(C)(C)C)C2)no1. The highest BCUT2D eigenvalue weighted by atomic mass is 16.5. The molecule has 1 aliphatic heterocycles. The van der Waals surface area contributed by atoms with E-state index in [1.165, 1.54) is 0 Å². The summed E-state index contributed by atoms with van der Waals surface area (Å²) in [5.74, 6) is 0.527. The highest BCUT2D eigenvalue weighted by Gasteiger charge is 2.39. The first-order chi connectivity index (χ1) is 8.77. The van der Waals surface area contributed by atoms with E-state index in [4.69, 9.17) is 4.52 Å². The summed E-state index contributed by atoms with van der Waals surface area (Å²) in [5, 5.41) is 6.38. The maximum atomic E-state index is 12.1. The molecular weight excluding hydrogens is 246 g/mol. The zero-order chi connectivity index (χ0) is 14.2. The van der Waals surface area contributed by atoms with Crippen molar-refractivity contribution in [1.29, 1.82) is 0 Å². The van der Waals surface area contributed by atoms with Gasteiger partial charge in [-0.15, -0.1) is 0 Å². The Morgan fingerprint density at radius 1 is 1.53 bits per heavy atom. The summed E-state index contributed by atoms with van der Waals surface area (Å²) in [4.78, 5) is 25.7. The van der Waals surface area contributed by atoms with Gasteiger partial charge in [0.2, 0.25) is 11.8 Å². The Morgan fingerprint density at radius 3 is 2.68 bits per heavy atom. The maximum Gasteiger partial charge on any atom is 0.231 e. The van der Waals surface area contributed by atoms with Crippen LogP contribution in [0.5, 0.6) is 0 Å². The van der Waals surface area contributed by atoms with Crippen molar-refractivity contribution in [3.63, 3.8) is 0 Å². The lowest BCUT2D eigenvalue weighted by molar-refractivity contribution is -0.131. The normalized spacial score (nSPS) is 19.9. The molecule has 2 rings (SSSR count). The maximum absolute atomic E-state index is 12.1. The first-order valence-corrected chi connectivity index (χ1v) is 6.32. The fourth-order valence-corrected chi connectivity index (χ4v) is 2.18. The molecule has 0 spiro atoms. The zero-order valence-corrected chi connectivity index (χ0v) is 11.7. The van der Waals surface area contributed by atoms with E-state index in [9.17, 15) is 9.59 Å². The second kappa shape index (κ2) is 4.68. The van der Waals surface area contributed by atoms with Crippen molar-refractivity contribution in [3.05, 3.63) is 11.8 Å². The third-order valence-electron chi connectivity index (χ3n) is 3.18. The Balaban J connectivity index is 2.00. The molecule has 2 heterocycles. The molecule has 6 nitrogen and oxygen atoms in total. The predicted molar refractivity (Wildman–Crippen MR) is 69.4 cm³/mol. The van der Waals surface area contributed by atoms with Gasteiger partial charge in [-0.05, 0) is 27.7 Å². The number of aryl methyl sites for hydroxylation is 1. The van der Waals surface area contributed by atoms with E-state index in [1.807, 2.05) is 20.8 Å². The molecule has 1 N–H and O–H groups in total. The molecular formula is C13H19N3O3. The molecule has 19 heavy (non-hydrogen) atoms. The number of hydrogen-bond acceptors (Lipinski definition) is 4. The van der Waals surface area contributed by atoms with Crippen molar-refractivity contribution in [2.24, 2.45) is 5.92 Å². The molecule has 1 aromatic heterocycles. The van der Waals surface area contributed by atoms with Gasteiger partial charge in [0.1, 0.15) is 5.76 Å². The van der Waals surface area contributed by atoms with E-state index < -0.39 is 0 Å². The number of carbonyl (C=O) groups excluding carboxylic acids is 2. The summed E-state index contributed by atoms with van der Waals surface area (Å²) in [7, 11) is 0. The molecule has 2 amide bonds. The molecule has 1 atom stereocenters. The number of nitrogens with zero attached hydrogens (tertiary/aromatic N) is 2. The van der Waals surface area contributed by atoms with Crippen LogP contribution in [-0.4, -0.2) is 34.0 Å². The van der Waals surface area contributed by atoms with Gasteiger partial charge in [-0.3, -0.25) is 9.59 Å². The van der Waals surface area contributed by atoms with E-state index in [2.05, 4.69) is 10.5 Å². The lowest BCUT2D eigenvalue weighted by Crippen LogP contribution is -2.42. The van der Waals surface area contributed by atoms with E-state index in [-0.39, 0.29) is 29.7 Å². The smallest absolute Gasteiger partial charge is 0.231 e. The van der Waals surface area contributed by atoms with Crippen molar-refractivity contribution >= 4 is 17.6 Å². The van der Waals surface area contributed by atoms with E-state index in [0.717, 1.165) is 0 Å². The number of aromatic nitrogens is 1. The van der Waals surface area contributed by atoms with Crippen LogP contribution in [0.2, 0.25) is 0 Å². The van der Waals surface area contributed by atoms with E-state index in [1.54, 1.807) is 17.9 Å². The van der Waals surface area contributed by atoms with Crippen molar-refractivity contribution in [1.82, 2.24) is 10.1 Å². The summed E-state index contributed by atoms with van der Waals surface area (Å²) < 4.78 is 4.88. The minimum atomic E-state index is -0.330. The molecule has 0 bridgehead atoms. The molecule has 0 aromatic carbocycles. The molecule has 1 saturated heterocycles. The van der Waals surface area contributed by atoms with Crippen LogP contribution < -0.4 is 5.32 Å². The zero-order valence-electron chi connectivity index (χ0n) is 11.7. The number of likely N-dealkylation sites (tertiary alicyclic amines) is 1. The number of hydrogen-bond donors (Lipinski definition) is 1. The average Bonchev–Trinajstić information content (AvgIpc) is 2.84. The van der Waals surface area contributed by atoms with Gasteiger partial charge in [-0.1, -0.05) is 5.16 Å². The summed E-state index contributed by atoms with van der Waals surface area (Å²) in [6.07, 6.45) is 0.250. The van der Waals surface area contributed by atoms with Crippen LogP contribution in [0.1, 0.15) is 33.0 Å². The highest BCUT2D eigenvalue weighted by Crippen LogP contribution is 2.26. The van der Waals surface area contributed by atoms with Gasteiger partial charge in [0.25, 0.3) is 0 Å². The standard InChI is InChI=1S/C13H19N3O3/c1-8-5-10(15-19-8)14-12(18)9-6-11(17)16(7-9)13(2,3)4/h5,9H,6-7H2,1-4H3,(H,14,15,18)/t9-/m0/s1. The largest absolute Gasteiger partial charge is 0.360 e. The Hall–Kier alpha value is -1.85. The van der Waals surface area contributed by atoms with Crippen LogP contribution in [0, 0.1) is 12.8 Å². The fourth-order valence-electron chi connectivity index (χ4n) is 2.18. The number of amides is 2. The third kappa shape index (κ3) is 2.94. The number of nitrogens with one attached hydrogen (secondary N) is 1. The Morgan fingerprint density at radius 2 is 2.21 bits per heavy atom. The van der Waals surface area contributed by atoms with Crippen LogP contribution in [-0.2, 0) is 9.59 Å². The summed E-state index contributed by atoms with van der Waals surface area (Å²) >= 11 is 0. The van der Waals surface area contributed by atoms with Crippen molar-refractivity contribution in [2.45, 2.75) is 39.7 Å². The summed E-state index contributed by atoms with van der Waals surface area (Å²) in [5.41, 5.74) is -0.253. The van der Waals surface area contributed by atoms with Crippen LogP contribution in [0.4, 0.5) is 5.82 Å². The second-order valence-electron chi connectivity index (χ2n) is 5.89. The van der Waals surface area contributed by atoms with Gasteiger partial charge >= 0.3 is 0 Å². The minimum Gasteiger partial charge on any atom is -0.360 e. The quantitative estimate of drug-likeness (QED) is 0.880. The molecule has 1 aliphatic rings. The first kappa shape index (κ1) is 13.6. The van der Waals surface area contributed by atoms with Crippen LogP contribution in [0.3, 0.4) is 0 Å². The number of rotatable bonds is 2. The van der Waals surface area contributed by atoms with Gasteiger partial charge < -0.3 is 14.7 Å². The molecule has 1 fully saturated rings. The fraction of sp³-hybridized carbons (Fsp3) is 0.615. The highest BCUT2D eigenvalue weighted by molar-refractivity contribution is 5.96. The van der Waals surface area contributed by atoms with Crippen LogP contribution in [0.25, 0.3) is 0 Å². The number of anilines is 1. The molecule has 0 saturated carbocycles. The first-order valence-electron chi connectivity index (χ1n) is 6.32. The minimum absolute atomic E-state index is 0.0176. The lowest BCUT2D eigenvalue weighted by Gasteiger charge is -2.31. The van der Waals surface area contributed by atoms with Crippen molar-refractivity contribution < 1.29 is 14.1 Å². The second-order valence-corrected chi connectivity index (χ2v) is 5.89. The van der Waals surface area contributed by atoms with Gasteiger partial charge in [0.15, 0.2) is 5.82 Å². The van der Waals surface area contributed by atoms with Crippen LogP contribution >= 0.6 is 0 Å². The predicted octanol–water partition coefficient (Wildman–Crippen LogP) is 1.57. The monoisotopic (exact) mass is 265 g/mol. The summed E-state index contributed by atoms with van der Waals surface area (Å²) in [6.45, 7) is 8.10. The third-order valence-corrected chi connectivity index (χ3v) is 3.18. The van der Waals surface area contributed by atoms with Crippen LogP contribution in [0.15, 0.2) is 10.6 Å². The lowest BCUT2D eigenvalue weighted by atomic mass is 10.1. The van der Waals surface area contributed by atoms with E-state index >= 15 is 0 Å². The topological polar surface area (TPSA) is 75.4 Å². The molecule has 0 radical (unpaired) electrons. The number of carbonyl (C=O) groups is 2. The van der Waals surface area contributed by atoms with Crippen molar-refractivity contribution in [3.8, 4) is 0 Å². The Kier molecular flexibility index (Phi) is 3.34. The van der Waals surface area contributed by atoms with E-state index in [0.29, 0.717) is 18.1 Å². The van der Waals surface area contributed by atoms with Gasteiger partial charge in [0.05, 0.1) is 5.92 Å². The van der Waals surface area contributed by atoms with Crippen molar-refractivity contribution in [2.75, 3.05) is 11.9 Å². The molecule has 6 heteroatoms. The Labute approximate surface area is 112 Å². The van der Waals surface area contributed by atoms with Gasteiger partial charge in [-0.25, -0.2) is 0 Å². The molecule has 104 valence electrons. The molecule has 0 aliphatic carbocycles. The Bertz CT molecular complexity index is 501. The molecule has 1 aromatic rings. The molecule has 0 unspecified atom stereocenters. The summed E-state index contributed by atoms with van der Waals surface area (Å²) in [6, 6.07) is 1.65. The van der Waals surface area contributed by atoms with Gasteiger partial charge in [0, 0.05) is 24.6 Å².